The standard InChI is InChI=1S/C16H24N4O2/c1-16(2,3)22-15(21)18-11-7-10-17-14-19-12-8-5-6-9-13(12)20(14)4/h5-6,8-9H,7,10-11H2,1-4H3,(H,17,19)(H,18,21). The molecule has 1 aromatic heterocycles. The summed E-state index contributed by atoms with van der Waals surface area (Å²) in [6, 6.07) is 8.00. The summed E-state index contributed by atoms with van der Waals surface area (Å²) in [6.45, 7) is 6.83. The zero-order valence-electron chi connectivity index (χ0n) is 13.6. The fraction of sp³-hybridized carbons (Fsp3) is 0.500. The van der Waals surface area contributed by atoms with Crippen LogP contribution in [0, 0.1) is 0 Å². The van der Waals surface area contributed by atoms with Crippen LogP contribution in [0.5, 0.6) is 0 Å². The second-order valence-electron chi connectivity index (χ2n) is 6.19. The van der Waals surface area contributed by atoms with Gasteiger partial charge in [0.05, 0.1) is 11.0 Å². The van der Waals surface area contributed by atoms with Crippen LogP contribution in [0.1, 0.15) is 27.2 Å². The van der Waals surface area contributed by atoms with E-state index in [-0.39, 0.29) is 6.09 Å². The number of aryl methyl sites for hydroxylation is 1. The molecule has 120 valence electrons. The fourth-order valence-corrected chi connectivity index (χ4v) is 2.10. The number of alkyl carbamates (subject to hydrolysis) is 1. The topological polar surface area (TPSA) is 68.2 Å². The Morgan fingerprint density at radius 3 is 2.68 bits per heavy atom. The van der Waals surface area contributed by atoms with Crippen molar-refractivity contribution in [2.75, 3.05) is 18.4 Å². The number of benzene rings is 1. The van der Waals surface area contributed by atoms with E-state index in [1.54, 1.807) is 0 Å². The van der Waals surface area contributed by atoms with E-state index < -0.39 is 5.60 Å². The number of fused-ring (bicyclic) bond motifs is 1. The van der Waals surface area contributed by atoms with Crippen LogP contribution in [0.4, 0.5) is 10.7 Å². The molecule has 2 rings (SSSR count). The lowest BCUT2D eigenvalue weighted by Gasteiger charge is -2.19. The van der Waals surface area contributed by atoms with Crippen molar-refractivity contribution in [2.45, 2.75) is 32.8 Å². The number of amides is 1. The Kier molecular flexibility index (Phi) is 4.90. The first-order chi connectivity index (χ1) is 10.4. The quantitative estimate of drug-likeness (QED) is 0.833. The van der Waals surface area contributed by atoms with Gasteiger partial charge in [0, 0.05) is 20.1 Å². The van der Waals surface area contributed by atoms with Gasteiger partial charge in [0.25, 0.3) is 0 Å². The number of hydrogen-bond acceptors (Lipinski definition) is 4. The van der Waals surface area contributed by atoms with Crippen LogP contribution in [0.15, 0.2) is 24.3 Å². The highest BCUT2D eigenvalue weighted by atomic mass is 16.6. The molecule has 1 aromatic carbocycles. The molecule has 6 heteroatoms. The number of rotatable bonds is 5. The lowest BCUT2D eigenvalue weighted by molar-refractivity contribution is 0.0528. The highest BCUT2D eigenvalue weighted by Crippen LogP contribution is 2.17. The summed E-state index contributed by atoms with van der Waals surface area (Å²) < 4.78 is 7.20. The van der Waals surface area contributed by atoms with Crippen LogP contribution in [0.3, 0.4) is 0 Å². The van der Waals surface area contributed by atoms with E-state index in [4.69, 9.17) is 4.74 Å². The average molecular weight is 304 g/mol. The highest BCUT2D eigenvalue weighted by molar-refractivity contribution is 5.78. The predicted molar refractivity (Wildman–Crippen MR) is 88.1 cm³/mol. The number of carbonyl (C=O) groups excluding carboxylic acids is 1. The molecule has 1 amide bonds. The molecule has 0 bridgehead atoms. The summed E-state index contributed by atoms with van der Waals surface area (Å²) in [5.41, 5.74) is 1.60. The zero-order valence-corrected chi connectivity index (χ0v) is 13.6. The van der Waals surface area contributed by atoms with Crippen LogP contribution in [0.25, 0.3) is 11.0 Å². The van der Waals surface area contributed by atoms with Gasteiger partial charge >= 0.3 is 6.09 Å². The first-order valence-electron chi connectivity index (χ1n) is 7.49. The number of nitrogens with zero attached hydrogens (tertiary/aromatic N) is 2. The molecular weight excluding hydrogens is 280 g/mol. The Bertz CT molecular complexity index is 643. The van der Waals surface area contributed by atoms with Crippen LogP contribution in [0.2, 0.25) is 0 Å². The van der Waals surface area contributed by atoms with Gasteiger partial charge in [-0.1, -0.05) is 12.1 Å². The number of para-hydroxylation sites is 2. The van der Waals surface area contributed by atoms with E-state index in [0.717, 1.165) is 29.9 Å². The number of nitrogens with one attached hydrogen (secondary N) is 2. The van der Waals surface area contributed by atoms with Gasteiger partial charge in [0.1, 0.15) is 5.60 Å². The van der Waals surface area contributed by atoms with Gasteiger partial charge in [-0.2, -0.15) is 0 Å². The Morgan fingerprint density at radius 2 is 2.00 bits per heavy atom. The van der Waals surface area contributed by atoms with Crippen molar-refractivity contribution in [2.24, 2.45) is 7.05 Å². The summed E-state index contributed by atoms with van der Waals surface area (Å²) >= 11 is 0. The molecule has 0 fully saturated rings. The summed E-state index contributed by atoms with van der Waals surface area (Å²) in [6.07, 6.45) is 0.415. The van der Waals surface area contributed by atoms with Gasteiger partial charge in [-0.05, 0) is 39.3 Å². The highest BCUT2D eigenvalue weighted by Gasteiger charge is 2.15. The maximum Gasteiger partial charge on any atom is 0.407 e. The second kappa shape index (κ2) is 6.68. The monoisotopic (exact) mass is 304 g/mol. The third-order valence-electron chi connectivity index (χ3n) is 3.09. The van der Waals surface area contributed by atoms with Crippen molar-refractivity contribution in [3.05, 3.63) is 24.3 Å². The van der Waals surface area contributed by atoms with Crippen molar-refractivity contribution in [1.82, 2.24) is 14.9 Å². The summed E-state index contributed by atoms with van der Waals surface area (Å²) in [5, 5.41) is 6.02. The number of aromatic nitrogens is 2. The van der Waals surface area contributed by atoms with E-state index in [9.17, 15) is 4.79 Å². The normalized spacial score (nSPS) is 11.5. The number of anilines is 1. The van der Waals surface area contributed by atoms with Gasteiger partial charge in [-0.3, -0.25) is 0 Å². The maximum atomic E-state index is 11.5. The smallest absolute Gasteiger partial charge is 0.407 e. The molecule has 0 aliphatic heterocycles. The van der Waals surface area contributed by atoms with E-state index in [1.807, 2.05) is 56.7 Å². The molecule has 2 aromatic rings. The van der Waals surface area contributed by atoms with Crippen LogP contribution < -0.4 is 10.6 Å². The first kappa shape index (κ1) is 16.1. The van der Waals surface area contributed by atoms with Gasteiger partial charge < -0.3 is 19.9 Å². The summed E-state index contributed by atoms with van der Waals surface area (Å²) in [4.78, 5) is 16.0. The molecule has 0 spiro atoms. The largest absolute Gasteiger partial charge is 0.444 e. The molecule has 0 radical (unpaired) electrons. The minimum Gasteiger partial charge on any atom is -0.444 e. The molecule has 0 aliphatic carbocycles. The molecule has 0 aliphatic rings. The Hall–Kier alpha value is -2.24. The third-order valence-corrected chi connectivity index (χ3v) is 3.09. The van der Waals surface area contributed by atoms with Crippen molar-refractivity contribution in [1.29, 1.82) is 0 Å². The number of imidazole rings is 1. The number of ether oxygens (including phenoxy) is 1. The minimum atomic E-state index is -0.463. The average Bonchev–Trinajstić information content (AvgIpc) is 2.74. The van der Waals surface area contributed by atoms with Gasteiger partial charge in [0.2, 0.25) is 5.95 Å². The first-order valence-corrected chi connectivity index (χ1v) is 7.49. The molecule has 0 saturated heterocycles. The zero-order chi connectivity index (χ0) is 16.2. The van der Waals surface area contributed by atoms with E-state index in [2.05, 4.69) is 15.6 Å². The van der Waals surface area contributed by atoms with Gasteiger partial charge in [-0.15, -0.1) is 0 Å². The second-order valence-corrected chi connectivity index (χ2v) is 6.19. The van der Waals surface area contributed by atoms with E-state index in [1.165, 1.54) is 0 Å². The van der Waals surface area contributed by atoms with Crippen LogP contribution >= 0.6 is 0 Å². The van der Waals surface area contributed by atoms with Crippen molar-refractivity contribution in [3.63, 3.8) is 0 Å². The fourth-order valence-electron chi connectivity index (χ4n) is 2.10. The van der Waals surface area contributed by atoms with Crippen molar-refractivity contribution >= 4 is 23.1 Å². The maximum absolute atomic E-state index is 11.5. The molecule has 2 N–H and O–H groups in total. The van der Waals surface area contributed by atoms with E-state index in [0.29, 0.717) is 6.54 Å². The van der Waals surface area contributed by atoms with Gasteiger partial charge in [-0.25, -0.2) is 9.78 Å². The molecule has 6 nitrogen and oxygen atoms in total. The Labute approximate surface area is 130 Å². The molecule has 0 saturated carbocycles. The lowest BCUT2D eigenvalue weighted by atomic mass is 10.2. The Morgan fingerprint density at radius 1 is 1.27 bits per heavy atom. The predicted octanol–water partition coefficient (Wildman–Crippen LogP) is 2.90. The van der Waals surface area contributed by atoms with E-state index >= 15 is 0 Å². The molecular formula is C16H24N4O2. The number of hydrogen-bond donors (Lipinski definition) is 2. The van der Waals surface area contributed by atoms with Crippen molar-refractivity contribution in [3.8, 4) is 0 Å². The molecule has 0 atom stereocenters. The minimum absolute atomic E-state index is 0.379. The molecule has 1 heterocycles. The van der Waals surface area contributed by atoms with Gasteiger partial charge in [0.15, 0.2) is 0 Å². The van der Waals surface area contributed by atoms with Crippen LogP contribution in [-0.4, -0.2) is 34.3 Å². The number of carbonyl (C=O) groups is 1. The van der Waals surface area contributed by atoms with Crippen molar-refractivity contribution < 1.29 is 9.53 Å². The lowest BCUT2D eigenvalue weighted by Crippen LogP contribution is -2.33. The molecule has 0 unspecified atom stereocenters. The SMILES string of the molecule is Cn1c(NCCCNC(=O)OC(C)(C)C)nc2ccccc21. The Balaban J connectivity index is 1.74. The van der Waals surface area contributed by atoms with Crippen LogP contribution in [-0.2, 0) is 11.8 Å². The third kappa shape index (κ3) is 4.38. The summed E-state index contributed by atoms with van der Waals surface area (Å²) in [7, 11) is 1.98. The molecule has 22 heavy (non-hydrogen) atoms. The summed E-state index contributed by atoms with van der Waals surface area (Å²) in [5.74, 6) is 0.832.